The van der Waals surface area contributed by atoms with Gasteiger partial charge in [-0.25, -0.2) is 0 Å². The predicted octanol–water partition coefficient (Wildman–Crippen LogP) is 3.62. The lowest BCUT2D eigenvalue weighted by Crippen LogP contribution is -2.35. The fraction of sp³-hybridized carbons (Fsp3) is 0.217. The molecule has 0 fully saturated rings. The van der Waals surface area contributed by atoms with Crippen LogP contribution in [0.1, 0.15) is 11.1 Å². The number of benzene rings is 3. The summed E-state index contributed by atoms with van der Waals surface area (Å²) in [7, 11) is 0. The summed E-state index contributed by atoms with van der Waals surface area (Å²) < 4.78 is 5.58. The van der Waals surface area contributed by atoms with Gasteiger partial charge in [-0.15, -0.1) is 0 Å². The first-order valence-electron chi connectivity index (χ1n) is 9.67. The Balaban J connectivity index is 1.64. The van der Waals surface area contributed by atoms with Gasteiger partial charge in [-0.1, -0.05) is 66.7 Å². The second-order valence-corrected chi connectivity index (χ2v) is 7.05. The molecule has 0 heterocycles. The monoisotopic (exact) mass is 407 g/mol. The van der Waals surface area contributed by atoms with Gasteiger partial charge in [0.25, 0.3) is 5.69 Å². The molecular weight excluding hydrogens is 382 g/mol. The topological polar surface area (TPSA) is 102 Å². The first-order chi connectivity index (χ1) is 14.5. The minimum atomic E-state index is -0.795. The molecule has 3 aromatic carbocycles. The molecule has 0 bridgehead atoms. The Morgan fingerprint density at radius 3 is 2.03 bits per heavy atom. The molecule has 0 aromatic heterocycles. The van der Waals surface area contributed by atoms with Crippen LogP contribution >= 0.6 is 0 Å². The van der Waals surface area contributed by atoms with Crippen molar-refractivity contribution in [1.29, 1.82) is 0 Å². The Morgan fingerprint density at radius 2 is 1.50 bits per heavy atom. The summed E-state index contributed by atoms with van der Waals surface area (Å²) in [6, 6.07) is 24.5. The number of nitro benzene ring substituents is 1. The molecule has 0 saturated heterocycles. The third-order valence-electron chi connectivity index (χ3n) is 4.64. The molecular formula is C23H25N3O4. The van der Waals surface area contributed by atoms with E-state index >= 15 is 0 Å². The van der Waals surface area contributed by atoms with Crippen molar-refractivity contribution in [3.05, 3.63) is 100 Å². The molecule has 30 heavy (non-hydrogen) atoms. The molecule has 3 aromatic rings. The maximum atomic E-state index is 11.0. The minimum Gasteiger partial charge on any atom is -0.488 e. The van der Waals surface area contributed by atoms with Gasteiger partial charge in [0.2, 0.25) is 0 Å². The normalized spacial score (nSPS) is 11.9. The van der Waals surface area contributed by atoms with Crippen LogP contribution in [0.4, 0.5) is 11.4 Å². The molecule has 3 rings (SSSR count). The van der Waals surface area contributed by atoms with Gasteiger partial charge in [-0.05, 0) is 17.2 Å². The molecule has 1 unspecified atom stereocenters. The highest BCUT2D eigenvalue weighted by atomic mass is 16.6. The molecule has 7 heteroatoms. The average molecular weight is 407 g/mol. The van der Waals surface area contributed by atoms with Crippen LogP contribution in [-0.2, 0) is 13.1 Å². The third kappa shape index (κ3) is 6.04. The Bertz CT molecular complexity index is 910. The fourth-order valence-corrected chi connectivity index (χ4v) is 3.22. The van der Waals surface area contributed by atoms with E-state index in [0.717, 1.165) is 11.1 Å². The van der Waals surface area contributed by atoms with E-state index in [9.17, 15) is 15.2 Å². The fourth-order valence-electron chi connectivity index (χ4n) is 3.22. The van der Waals surface area contributed by atoms with E-state index in [2.05, 4.69) is 4.90 Å². The number of para-hydroxylation sites is 1. The molecule has 3 N–H and O–H groups in total. The van der Waals surface area contributed by atoms with Crippen LogP contribution in [0.25, 0.3) is 0 Å². The summed E-state index contributed by atoms with van der Waals surface area (Å²) >= 11 is 0. The summed E-state index contributed by atoms with van der Waals surface area (Å²) in [5, 5.41) is 21.6. The van der Waals surface area contributed by atoms with Crippen molar-refractivity contribution in [3.63, 3.8) is 0 Å². The standard InChI is InChI=1S/C23H25N3O4/c24-23-21(26(28)29)12-7-13-22(23)30-17-20(27)16-25(14-18-8-3-1-4-9-18)15-19-10-5-2-6-11-19/h1-13,20,27H,14-17,24H2. The number of nitrogens with two attached hydrogens (primary N) is 1. The number of aliphatic hydroxyl groups excluding tert-OH is 1. The number of hydrogen-bond donors (Lipinski definition) is 2. The summed E-state index contributed by atoms with van der Waals surface area (Å²) in [4.78, 5) is 12.6. The zero-order chi connectivity index (χ0) is 21.3. The van der Waals surface area contributed by atoms with Gasteiger partial charge >= 0.3 is 0 Å². The third-order valence-corrected chi connectivity index (χ3v) is 4.64. The largest absolute Gasteiger partial charge is 0.488 e. The summed E-state index contributed by atoms with van der Waals surface area (Å²) in [5.41, 5.74) is 7.85. The number of rotatable bonds is 10. The first-order valence-corrected chi connectivity index (χ1v) is 9.67. The maximum Gasteiger partial charge on any atom is 0.295 e. The lowest BCUT2D eigenvalue weighted by molar-refractivity contribution is -0.384. The molecule has 0 aliphatic rings. The predicted molar refractivity (Wildman–Crippen MR) is 116 cm³/mol. The number of nitro groups is 1. The van der Waals surface area contributed by atoms with Crippen LogP contribution in [-0.4, -0.2) is 34.2 Å². The van der Waals surface area contributed by atoms with Gasteiger partial charge in [0.1, 0.15) is 18.5 Å². The Hall–Kier alpha value is -3.42. The van der Waals surface area contributed by atoms with Gasteiger partial charge < -0.3 is 15.6 Å². The van der Waals surface area contributed by atoms with Crippen molar-refractivity contribution in [3.8, 4) is 5.75 Å². The molecule has 0 aliphatic heterocycles. The van der Waals surface area contributed by atoms with Crippen LogP contribution in [0.5, 0.6) is 5.75 Å². The zero-order valence-electron chi connectivity index (χ0n) is 16.6. The first kappa shape index (κ1) is 21.3. The van der Waals surface area contributed by atoms with E-state index in [-0.39, 0.29) is 23.7 Å². The molecule has 1 atom stereocenters. The molecule has 0 spiro atoms. The van der Waals surface area contributed by atoms with Crippen LogP contribution in [0.2, 0.25) is 0 Å². The average Bonchev–Trinajstić information content (AvgIpc) is 2.74. The number of nitrogen functional groups attached to an aromatic ring is 1. The second kappa shape index (κ2) is 10.4. The molecule has 0 saturated carbocycles. The van der Waals surface area contributed by atoms with Crippen LogP contribution in [0.3, 0.4) is 0 Å². The highest BCUT2D eigenvalue weighted by Crippen LogP contribution is 2.30. The molecule has 156 valence electrons. The van der Waals surface area contributed by atoms with E-state index in [1.165, 1.54) is 12.1 Å². The minimum absolute atomic E-state index is 0.0224. The van der Waals surface area contributed by atoms with Crippen LogP contribution in [0, 0.1) is 10.1 Å². The number of hydrogen-bond acceptors (Lipinski definition) is 6. The quantitative estimate of drug-likeness (QED) is 0.302. The van der Waals surface area contributed by atoms with Gasteiger partial charge in [0.05, 0.1) is 4.92 Å². The van der Waals surface area contributed by atoms with E-state index < -0.39 is 11.0 Å². The molecule has 0 amide bonds. The van der Waals surface area contributed by atoms with Gasteiger partial charge in [0.15, 0.2) is 5.69 Å². The van der Waals surface area contributed by atoms with Crippen molar-refractivity contribution in [2.45, 2.75) is 19.2 Å². The van der Waals surface area contributed by atoms with Gasteiger partial charge in [-0.2, -0.15) is 0 Å². The van der Waals surface area contributed by atoms with Gasteiger partial charge in [0, 0.05) is 25.7 Å². The van der Waals surface area contributed by atoms with E-state index in [4.69, 9.17) is 10.5 Å². The zero-order valence-corrected chi connectivity index (χ0v) is 16.6. The summed E-state index contributed by atoms with van der Waals surface area (Å²) in [6.07, 6.45) is -0.795. The highest BCUT2D eigenvalue weighted by molar-refractivity contribution is 5.66. The lowest BCUT2D eigenvalue weighted by atomic mass is 10.1. The SMILES string of the molecule is Nc1c(OCC(O)CN(Cc2ccccc2)Cc2ccccc2)cccc1[N+](=O)[O-]. The molecule has 7 nitrogen and oxygen atoms in total. The molecule has 0 radical (unpaired) electrons. The summed E-state index contributed by atoms with van der Waals surface area (Å²) in [6.45, 7) is 1.70. The number of nitrogens with zero attached hydrogens (tertiary/aromatic N) is 2. The molecule has 0 aliphatic carbocycles. The number of aliphatic hydroxyl groups is 1. The number of ether oxygens (including phenoxy) is 1. The van der Waals surface area contributed by atoms with Crippen molar-refractivity contribution < 1.29 is 14.8 Å². The van der Waals surface area contributed by atoms with E-state index in [1.807, 2.05) is 60.7 Å². The smallest absolute Gasteiger partial charge is 0.295 e. The van der Waals surface area contributed by atoms with Crippen molar-refractivity contribution >= 4 is 11.4 Å². The lowest BCUT2D eigenvalue weighted by Gasteiger charge is -2.25. The second-order valence-electron chi connectivity index (χ2n) is 7.05. The Labute approximate surface area is 175 Å². The Morgan fingerprint density at radius 1 is 0.933 bits per heavy atom. The number of anilines is 1. The van der Waals surface area contributed by atoms with Crippen molar-refractivity contribution in [1.82, 2.24) is 4.90 Å². The van der Waals surface area contributed by atoms with Gasteiger partial charge in [-0.3, -0.25) is 15.0 Å². The van der Waals surface area contributed by atoms with Crippen LogP contribution < -0.4 is 10.5 Å². The summed E-state index contributed by atoms with van der Waals surface area (Å²) in [5.74, 6) is 0.195. The van der Waals surface area contributed by atoms with E-state index in [1.54, 1.807) is 6.07 Å². The highest BCUT2D eigenvalue weighted by Gasteiger charge is 2.18. The van der Waals surface area contributed by atoms with Crippen molar-refractivity contribution in [2.75, 3.05) is 18.9 Å². The Kier molecular flexibility index (Phi) is 7.37. The van der Waals surface area contributed by atoms with Crippen LogP contribution in [0.15, 0.2) is 78.9 Å². The maximum absolute atomic E-state index is 11.0. The van der Waals surface area contributed by atoms with Crippen molar-refractivity contribution in [2.24, 2.45) is 0 Å². The van der Waals surface area contributed by atoms with E-state index in [0.29, 0.717) is 19.6 Å².